The highest BCUT2D eigenvalue weighted by Gasteiger charge is 2.33. The van der Waals surface area contributed by atoms with Gasteiger partial charge < -0.3 is 30.9 Å². The van der Waals surface area contributed by atoms with Crippen LogP contribution in [0.3, 0.4) is 0 Å². The van der Waals surface area contributed by atoms with E-state index in [4.69, 9.17) is 38.5 Å². The van der Waals surface area contributed by atoms with Crippen LogP contribution in [0.1, 0.15) is 22.8 Å². The highest BCUT2D eigenvalue weighted by Crippen LogP contribution is 2.43. The molecule has 0 unspecified atom stereocenters. The largest absolute Gasteiger partial charge is 0.494 e. The van der Waals surface area contributed by atoms with E-state index < -0.39 is 77.5 Å². The lowest BCUT2D eigenvalue weighted by Gasteiger charge is -2.34. The maximum Gasteiger partial charge on any atom is 0.295 e. The Balaban J connectivity index is 0.827. The van der Waals surface area contributed by atoms with Crippen LogP contribution in [-0.2, 0) is 64.0 Å². The summed E-state index contributed by atoms with van der Waals surface area (Å²) >= 11 is 13.4. The smallest absolute Gasteiger partial charge is 0.295 e. The van der Waals surface area contributed by atoms with Crippen LogP contribution >= 0.6 is 47.3 Å². The number of rotatable bonds is 25. The third kappa shape index (κ3) is 16.5. The highest BCUT2D eigenvalue weighted by atomic mass is 35.5. The van der Waals surface area contributed by atoms with E-state index in [2.05, 4.69) is 95.6 Å². The van der Waals surface area contributed by atoms with Crippen molar-refractivity contribution in [1.82, 2.24) is 34.8 Å². The molecule has 3 heterocycles. The van der Waals surface area contributed by atoms with E-state index in [1.807, 2.05) is 0 Å². The second-order valence-corrected chi connectivity index (χ2v) is 27.4. The zero-order valence-electron chi connectivity index (χ0n) is 48.3. The molecule has 0 bridgehead atoms. The molecule has 2 aromatic heterocycles. The number of carbonyl (C=O) groups is 2. The maximum absolute atomic E-state index is 14.7. The first kappa shape index (κ1) is 70.3. The Morgan fingerprint density at radius 1 is 0.646 bits per heavy atom. The van der Waals surface area contributed by atoms with Crippen molar-refractivity contribution >= 4 is 191 Å². The maximum atomic E-state index is 14.7. The molecule has 1 saturated heterocycles. The van der Waals surface area contributed by atoms with Crippen molar-refractivity contribution in [3.63, 3.8) is 0 Å². The molecular weight excluding hydrogens is 1440 g/mol. The molecular formula is C51H44Cl2N16O21S6. The summed E-state index contributed by atoms with van der Waals surface area (Å²) < 4.78 is 154. The quantitative estimate of drug-likeness (QED) is 0.00842. The summed E-state index contributed by atoms with van der Waals surface area (Å²) in [6.45, 7) is 3.43. The molecule has 11 N–H and O–H groups in total. The van der Waals surface area contributed by atoms with Crippen molar-refractivity contribution in [2.24, 2.45) is 15.3 Å². The fourth-order valence-electron chi connectivity index (χ4n) is 9.67. The number of methoxy groups -OCH3 is 1. The van der Waals surface area contributed by atoms with Gasteiger partial charge in [0, 0.05) is 73.8 Å². The molecule has 0 atom stereocenters. The number of ether oxygens (including phenoxy) is 1. The van der Waals surface area contributed by atoms with E-state index in [1.54, 1.807) is 4.90 Å². The number of Topliss-reactive ketones (excluding diaryl/α,β-unsaturated/α-hetero) is 1. The normalized spacial score (nSPS) is 14.5. The number of anilines is 8. The number of amides is 1. The number of hydrogen-bond donors (Lipinski definition) is 11. The van der Waals surface area contributed by atoms with Crippen molar-refractivity contribution in [3.05, 3.63) is 112 Å². The summed E-state index contributed by atoms with van der Waals surface area (Å²) in [6, 6.07) is 16.5. The van der Waals surface area contributed by atoms with Gasteiger partial charge in [0.1, 0.15) is 31.8 Å². The molecule has 1 fully saturated rings. The summed E-state index contributed by atoms with van der Waals surface area (Å²) in [4.78, 5) is 53.9. The van der Waals surface area contributed by atoms with E-state index >= 15 is 0 Å². The monoisotopic (exact) mass is 1480 g/mol. The van der Waals surface area contributed by atoms with Crippen molar-refractivity contribution in [3.8, 4) is 5.75 Å². The molecule has 1 aliphatic carbocycles. The van der Waals surface area contributed by atoms with Crippen molar-refractivity contribution < 1.29 is 95.5 Å². The van der Waals surface area contributed by atoms with Crippen LogP contribution in [0.2, 0.25) is 10.6 Å². The second kappa shape index (κ2) is 29.0. The van der Waals surface area contributed by atoms with Gasteiger partial charge in [0.05, 0.1) is 79.9 Å². The van der Waals surface area contributed by atoms with Crippen LogP contribution in [0.4, 0.5) is 57.9 Å². The zero-order chi connectivity index (χ0) is 69.0. The number of hydrazone groups is 1. The molecule has 504 valence electrons. The Hall–Kier alpha value is -8.55. The number of azo groups is 1. The topological polar surface area (TPSA) is 519 Å². The molecule has 8 aromatic rings. The number of allylic oxidation sites excluding steroid dienone is 1. The van der Waals surface area contributed by atoms with Gasteiger partial charge in [0.2, 0.25) is 46.1 Å². The molecule has 0 radical (unpaired) electrons. The van der Waals surface area contributed by atoms with E-state index in [0.29, 0.717) is 44.8 Å². The highest BCUT2D eigenvalue weighted by molar-refractivity contribution is 7.99. The summed E-state index contributed by atoms with van der Waals surface area (Å²) in [7, 11) is -18.3. The molecule has 6 aromatic carbocycles. The number of benzene rings is 6. The summed E-state index contributed by atoms with van der Waals surface area (Å²) in [5.41, 5.74) is 1.31. The van der Waals surface area contributed by atoms with E-state index in [1.165, 1.54) is 68.6 Å². The van der Waals surface area contributed by atoms with Crippen molar-refractivity contribution in [2.75, 3.05) is 78.0 Å². The first-order chi connectivity index (χ1) is 45.5. The number of halogens is 2. The fourth-order valence-corrected chi connectivity index (χ4v) is 13.7. The van der Waals surface area contributed by atoms with Gasteiger partial charge in [-0.25, -0.2) is 10.5 Å². The van der Waals surface area contributed by atoms with Gasteiger partial charge in [0.15, 0.2) is 0 Å². The number of hydrogen-bond acceptors (Lipinski definition) is 34. The molecule has 1 aliphatic heterocycles. The van der Waals surface area contributed by atoms with Gasteiger partial charge in [-0.2, -0.15) is 73.8 Å². The van der Waals surface area contributed by atoms with Crippen LogP contribution < -0.4 is 36.3 Å². The van der Waals surface area contributed by atoms with Crippen molar-refractivity contribution in [2.45, 2.75) is 31.4 Å². The standard InChI is InChI=1S/C51H44Cl2N16O21S6/c1-24(70)55-33-22-35(37(86-2)23-34(33)66-64-26-19-31-28(41(20-26)96(83,84)85)5-3-8-40(31)95(80,81)82)56-49-59-46(52)58-48(62-49)54-11-12-68-13-15-69(16-14-68)51-61-47(53)60-50(63-51)57-36-21-27(93(74,75)76)17-25-18-38(91-89-87-72)43(44(71)42(25)36)67-65-32-10-9-29-30(45(32)92-90-88-73)6-4-7-39(29)94(77,78)79/h3-10,17-23,65,72-73H,11-16H2,1-2H3,(H,55,70)(H,74,75,76)(H,77,78,79)(H,80,81,82)(H,83,84,85)(H,57,60,61,63)(H2,54,56,58,59,62)/b66-64?,67-43+. The summed E-state index contributed by atoms with van der Waals surface area (Å²) in [5.74, 6) is -1.70. The van der Waals surface area contributed by atoms with Crippen LogP contribution in [0.15, 0.2) is 130 Å². The van der Waals surface area contributed by atoms with Gasteiger partial charge in [-0.05, 0) is 83.4 Å². The van der Waals surface area contributed by atoms with Gasteiger partial charge in [-0.3, -0.25) is 38.1 Å². The molecule has 0 saturated carbocycles. The van der Waals surface area contributed by atoms with Crippen LogP contribution in [0.25, 0.3) is 27.6 Å². The Morgan fingerprint density at radius 3 is 1.93 bits per heavy atom. The van der Waals surface area contributed by atoms with Gasteiger partial charge in [-0.1, -0.05) is 40.4 Å². The molecule has 37 nitrogen and oxygen atoms in total. The van der Waals surface area contributed by atoms with Crippen LogP contribution in [0, 0.1) is 0 Å². The Labute approximate surface area is 559 Å². The Morgan fingerprint density at radius 2 is 1.27 bits per heavy atom. The first-order valence-corrected chi connectivity index (χ1v) is 34.6. The minimum absolute atomic E-state index is 0.00127. The van der Waals surface area contributed by atoms with Crippen LogP contribution in [-0.4, -0.2) is 161 Å². The third-order valence-electron chi connectivity index (χ3n) is 13.7. The molecule has 1 amide bonds. The lowest BCUT2D eigenvalue weighted by molar-refractivity contribution is -0.432. The summed E-state index contributed by atoms with van der Waals surface area (Å²) in [6.07, 6.45) is 1.20. The number of piperazine rings is 1. The van der Waals surface area contributed by atoms with E-state index in [0.717, 1.165) is 36.4 Å². The first-order valence-electron chi connectivity index (χ1n) is 26.6. The number of carbonyl (C=O) groups excluding carboxylic acids is 2. The average molecular weight is 1480 g/mol. The van der Waals surface area contributed by atoms with Gasteiger partial charge in [-0.15, -0.1) is 13.8 Å². The minimum Gasteiger partial charge on any atom is -0.494 e. The predicted octanol–water partition coefficient (Wildman–Crippen LogP) is 8.26. The number of ketones is 1. The number of aromatic nitrogens is 6. The molecule has 2 aliphatic rings. The lowest BCUT2D eigenvalue weighted by atomic mass is 9.93. The van der Waals surface area contributed by atoms with Crippen LogP contribution in [0.5, 0.6) is 5.75 Å². The average Bonchev–Trinajstić information content (AvgIpc) is 0.786. The number of nitrogens with zero attached hydrogens (tertiary/aromatic N) is 11. The zero-order valence-corrected chi connectivity index (χ0v) is 54.7. The van der Waals surface area contributed by atoms with E-state index in [9.17, 15) is 61.5 Å². The lowest BCUT2D eigenvalue weighted by Crippen LogP contribution is -2.48. The van der Waals surface area contributed by atoms with Gasteiger partial charge >= 0.3 is 0 Å². The van der Waals surface area contributed by atoms with Gasteiger partial charge in [0.25, 0.3) is 40.5 Å². The fraction of sp³-hybridized carbons (Fsp3) is 0.157. The molecule has 0 spiro atoms. The van der Waals surface area contributed by atoms with E-state index in [-0.39, 0.29) is 135 Å². The predicted molar refractivity (Wildman–Crippen MR) is 345 cm³/mol. The number of fused-ring (bicyclic) bond motifs is 3. The molecule has 45 heteroatoms. The molecule has 96 heavy (non-hydrogen) atoms. The number of nitrogens with one attached hydrogen (secondary N) is 5. The minimum atomic E-state index is -5.00. The third-order valence-corrected chi connectivity index (χ3v) is 18.9. The Kier molecular flexibility index (Phi) is 21.2. The van der Waals surface area contributed by atoms with Crippen molar-refractivity contribution in [1.29, 1.82) is 0 Å². The SMILES string of the molecule is COc1cc(N=Nc2cc(S(=O)(=O)O)c3cccc(S(=O)(=O)O)c3c2)c(NC(C)=O)cc1Nc1nc(Cl)nc(NCCN2CCN(c3nc(Cl)nc(Nc4cc(S(=O)(=O)O)cc5c4C(=O)/C(=N/Nc4ccc6c(S(=O)(=O)O)cccc6c4SOOO)C(SOOO)=C5)n3)CC2)n1. The molecule has 10 rings (SSSR count). The Bertz CT molecular complexity index is 5040. The summed E-state index contributed by atoms with van der Waals surface area (Å²) in [5, 5.41) is 48.6. The second-order valence-electron chi connectivity index (χ2n) is 19.7.